The Morgan fingerprint density at radius 2 is 1.68 bits per heavy atom. The lowest BCUT2D eigenvalue weighted by atomic mass is 9.90. The van der Waals surface area contributed by atoms with Crippen molar-refractivity contribution in [2.24, 2.45) is 0 Å². The van der Waals surface area contributed by atoms with Gasteiger partial charge in [-0.1, -0.05) is 17.7 Å². The van der Waals surface area contributed by atoms with Gasteiger partial charge in [0.05, 0.1) is 10.4 Å². The summed E-state index contributed by atoms with van der Waals surface area (Å²) in [4.78, 5) is 15.4. The van der Waals surface area contributed by atoms with Crippen LogP contribution in [-0.2, 0) is 16.0 Å². The predicted molar refractivity (Wildman–Crippen MR) is 128 cm³/mol. The number of benzene rings is 2. The van der Waals surface area contributed by atoms with Gasteiger partial charge >= 0.3 is 11.7 Å². The molecule has 0 radical (unpaired) electrons. The van der Waals surface area contributed by atoms with E-state index >= 15 is 0 Å². The average Bonchev–Trinajstić information content (AvgIpc) is 2.83. The lowest BCUT2D eigenvalue weighted by molar-refractivity contribution is -0.140. The molecular weight excluding hydrogens is 536 g/mol. The predicted octanol–water partition coefficient (Wildman–Crippen LogP) is 6.01. The van der Waals surface area contributed by atoms with Crippen molar-refractivity contribution in [1.82, 2.24) is 10.3 Å². The van der Waals surface area contributed by atoms with E-state index in [0.717, 1.165) is 23.8 Å². The Bertz CT molecular complexity index is 1470. The van der Waals surface area contributed by atoms with E-state index in [4.69, 9.17) is 0 Å². The number of nitrogens with zero attached hydrogens (tertiary/aromatic N) is 1. The number of pyridine rings is 1. The minimum Gasteiger partial charge on any atom is -0.382 e. The van der Waals surface area contributed by atoms with Crippen molar-refractivity contribution in [3.63, 3.8) is 0 Å². The molecule has 0 unspecified atom stereocenters. The summed E-state index contributed by atoms with van der Waals surface area (Å²) in [6, 6.07) is 8.80. The van der Waals surface area contributed by atoms with Crippen LogP contribution < -0.4 is 10.6 Å². The first-order valence-corrected chi connectivity index (χ1v) is 13.1. The molecule has 2 N–H and O–H groups in total. The number of sulfone groups is 1. The van der Waals surface area contributed by atoms with Crippen molar-refractivity contribution in [3.05, 3.63) is 65.4 Å². The molecule has 204 valence electrons. The third-order valence-electron chi connectivity index (χ3n) is 6.33. The van der Waals surface area contributed by atoms with Crippen molar-refractivity contribution in [2.75, 3.05) is 5.32 Å². The summed E-state index contributed by atoms with van der Waals surface area (Å²) in [6.07, 6.45) is -2.54. The minimum atomic E-state index is -5.62. The molecule has 1 aliphatic carbocycles. The number of aromatic nitrogens is 1. The molecule has 0 bridgehead atoms. The Morgan fingerprint density at radius 1 is 0.974 bits per heavy atom. The Morgan fingerprint density at radius 3 is 2.37 bits per heavy atom. The van der Waals surface area contributed by atoms with Crippen LogP contribution in [-0.4, -0.2) is 36.9 Å². The number of hydrogen-bond acceptors (Lipinski definition) is 5. The summed E-state index contributed by atoms with van der Waals surface area (Å²) in [5.41, 5.74) is -5.52. The third-order valence-corrected chi connectivity index (χ3v) is 7.82. The van der Waals surface area contributed by atoms with Crippen molar-refractivity contribution in [3.8, 4) is 0 Å². The first-order chi connectivity index (χ1) is 17.6. The maximum absolute atomic E-state index is 13.4. The summed E-state index contributed by atoms with van der Waals surface area (Å²) in [5.74, 6) is -0.751. The van der Waals surface area contributed by atoms with E-state index in [2.05, 4.69) is 15.6 Å². The molecule has 3 aromatic rings. The number of aryl methyl sites for hydroxylation is 1. The zero-order valence-corrected chi connectivity index (χ0v) is 20.8. The standard InChI is InChI=1S/C25H23F6N3O3S/c1-14-8-9-20-19(10-14)21(13-22(34-20)24(26,27)28)32-16-5-3-6-17(12-16)33-23(35)15-4-2-7-18(11-15)38(36,37)25(29,30)31/h2,4,7-11,13,16-17H,3,5-6,12H2,1H3,(H,32,34)(H,33,35)/t16-,17+/m0/s1. The SMILES string of the molecule is Cc1ccc2nc(C(F)(F)F)cc(N[C@H]3CCC[C@@H](NC(=O)c4cccc(S(=O)(=O)C(F)(F)F)c4)C3)c2c1. The fourth-order valence-electron chi connectivity index (χ4n) is 4.48. The van der Waals surface area contributed by atoms with Crippen LogP contribution in [0.4, 0.5) is 32.0 Å². The van der Waals surface area contributed by atoms with Crippen molar-refractivity contribution in [1.29, 1.82) is 0 Å². The number of alkyl halides is 6. The van der Waals surface area contributed by atoms with Gasteiger partial charge in [0, 0.05) is 28.7 Å². The smallest absolute Gasteiger partial charge is 0.382 e. The van der Waals surface area contributed by atoms with Gasteiger partial charge in [-0.05, 0) is 69.0 Å². The van der Waals surface area contributed by atoms with Crippen molar-refractivity contribution < 1.29 is 39.6 Å². The topological polar surface area (TPSA) is 88.2 Å². The molecular formula is C25H23F6N3O3S. The zero-order chi connectivity index (χ0) is 27.9. The second-order valence-electron chi connectivity index (χ2n) is 9.23. The summed E-state index contributed by atoms with van der Waals surface area (Å²) in [7, 11) is -5.62. The first-order valence-electron chi connectivity index (χ1n) is 11.6. The second-order valence-corrected chi connectivity index (χ2v) is 11.2. The quantitative estimate of drug-likeness (QED) is 0.374. The van der Waals surface area contributed by atoms with Gasteiger partial charge in [-0.15, -0.1) is 0 Å². The summed E-state index contributed by atoms with van der Waals surface area (Å²) < 4.78 is 102. The van der Waals surface area contributed by atoms with Crippen molar-refractivity contribution >= 4 is 32.3 Å². The molecule has 0 spiro atoms. The van der Waals surface area contributed by atoms with Gasteiger partial charge in [0.15, 0.2) is 0 Å². The van der Waals surface area contributed by atoms with Crippen LogP contribution in [0.25, 0.3) is 10.9 Å². The van der Waals surface area contributed by atoms with Crippen LogP contribution in [0.5, 0.6) is 0 Å². The Balaban J connectivity index is 1.52. The largest absolute Gasteiger partial charge is 0.501 e. The number of anilines is 1. The van der Waals surface area contributed by atoms with E-state index in [1.165, 1.54) is 12.1 Å². The number of rotatable bonds is 5. The molecule has 1 saturated carbocycles. The van der Waals surface area contributed by atoms with Gasteiger partial charge in [0.2, 0.25) is 0 Å². The van der Waals surface area contributed by atoms with E-state index in [1.807, 2.05) is 6.92 Å². The minimum absolute atomic E-state index is 0.183. The molecule has 2 aromatic carbocycles. The molecule has 13 heteroatoms. The fraction of sp³-hybridized carbons (Fsp3) is 0.360. The maximum Gasteiger partial charge on any atom is 0.501 e. The Hall–Kier alpha value is -3.35. The molecule has 2 atom stereocenters. The summed E-state index contributed by atoms with van der Waals surface area (Å²) in [5, 5.41) is 6.38. The molecule has 1 aliphatic rings. The molecule has 4 rings (SSSR count). The van der Waals surface area contributed by atoms with E-state index in [9.17, 15) is 39.6 Å². The average molecular weight is 560 g/mol. The third kappa shape index (κ3) is 5.87. The van der Waals surface area contributed by atoms with Crippen LogP contribution in [0.3, 0.4) is 0 Å². The molecule has 1 aromatic heterocycles. The Labute approximate surface area is 214 Å². The number of carbonyl (C=O) groups is 1. The molecule has 38 heavy (non-hydrogen) atoms. The van der Waals surface area contributed by atoms with Gasteiger partial charge in [-0.2, -0.15) is 26.3 Å². The number of nitrogens with one attached hydrogen (secondary N) is 2. The number of halogens is 6. The number of fused-ring (bicyclic) bond motifs is 1. The molecule has 1 heterocycles. The molecule has 1 amide bonds. The van der Waals surface area contributed by atoms with Crippen molar-refractivity contribution in [2.45, 2.75) is 61.3 Å². The van der Waals surface area contributed by atoms with Crippen LogP contribution in [0.1, 0.15) is 47.3 Å². The van der Waals surface area contributed by atoms with Crippen LogP contribution >= 0.6 is 0 Å². The van der Waals surface area contributed by atoms with Gasteiger partial charge < -0.3 is 10.6 Å². The first kappa shape index (κ1) is 27.7. The molecule has 0 saturated heterocycles. The highest BCUT2D eigenvalue weighted by Crippen LogP contribution is 2.35. The maximum atomic E-state index is 13.4. The second kappa shape index (κ2) is 10.1. The Kier molecular flexibility index (Phi) is 7.34. The van der Waals surface area contributed by atoms with E-state index < -0.39 is 44.1 Å². The van der Waals surface area contributed by atoms with Gasteiger partial charge in [0.1, 0.15) is 5.69 Å². The fourth-order valence-corrected chi connectivity index (χ4v) is 5.29. The highest BCUT2D eigenvalue weighted by atomic mass is 32.2. The van der Waals surface area contributed by atoms with E-state index in [1.54, 1.807) is 12.1 Å². The lowest BCUT2D eigenvalue weighted by Crippen LogP contribution is -2.42. The van der Waals surface area contributed by atoms with Gasteiger partial charge in [0.25, 0.3) is 15.7 Å². The van der Waals surface area contributed by atoms with Crippen LogP contribution in [0.15, 0.2) is 53.4 Å². The molecule has 0 aliphatic heterocycles. The summed E-state index contributed by atoms with van der Waals surface area (Å²) in [6.45, 7) is 1.81. The molecule has 6 nitrogen and oxygen atoms in total. The number of amides is 1. The summed E-state index contributed by atoms with van der Waals surface area (Å²) >= 11 is 0. The highest BCUT2D eigenvalue weighted by molar-refractivity contribution is 7.92. The normalized spacial score (nSPS) is 18.8. The van der Waals surface area contributed by atoms with E-state index in [0.29, 0.717) is 37.1 Å². The lowest BCUT2D eigenvalue weighted by Gasteiger charge is -2.31. The molecule has 1 fully saturated rings. The number of hydrogen-bond donors (Lipinski definition) is 2. The number of carbonyl (C=O) groups excluding carboxylic acids is 1. The van der Waals surface area contributed by atoms with Crippen LogP contribution in [0.2, 0.25) is 0 Å². The van der Waals surface area contributed by atoms with Gasteiger partial charge in [-0.25, -0.2) is 13.4 Å². The van der Waals surface area contributed by atoms with Gasteiger partial charge in [-0.3, -0.25) is 4.79 Å². The van der Waals surface area contributed by atoms with E-state index in [-0.39, 0.29) is 22.8 Å². The monoisotopic (exact) mass is 559 g/mol. The van der Waals surface area contributed by atoms with Crippen LogP contribution in [0, 0.1) is 6.92 Å². The highest BCUT2D eigenvalue weighted by Gasteiger charge is 2.47. The zero-order valence-electron chi connectivity index (χ0n) is 19.9.